The number of fused-ring (bicyclic) bond motifs is 2. The molecule has 1 N–H and O–H groups in total. The van der Waals surface area contributed by atoms with Crippen molar-refractivity contribution in [3.05, 3.63) is 119 Å². The summed E-state index contributed by atoms with van der Waals surface area (Å²) in [6.07, 6.45) is 6.30. The van der Waals surface area contributed by atoms with Crippen molar-refractivity contribution >= 4 is 62.3 Å². The van der Waals surface area contributed by atoms with Crippen molar-refractivity contribution in [2.75, 3.05) is 6.61 Å². The molecule has 2 aliphatic rings. The number of carbonyl (C=O) groups excluding carboxylic acids is 1. The number of rotatable bonds is 8. The lowest BCUT2D eigenvalue weighted by atomic mass is 10.1. The molecular weight excluding hydrogens is 542 g/mol. The molecule has 0 bridgehead atoms. The van der Waals surface area contributed by atoms with E-state index in [0.717, 1.165) is 39.8 Å². The standard InChI is InChI=1S/C31H24ClN5O2S/c1-2-9-20-10-3-8-15-27(20)39-17-16-36-19-21(22-11-5-7-14-26(22)36)18-24-28(33)37-31(34-29(24)38)40-30(35-37)23-12-4-6-13-25(23)32/h2-8,10-15,18-19,33H,1,9,16-17H2/b24-18-,33-28?. The van der Waals surface area contributed by atoms with Gasteiger partial charge < -0.3 is 9.30 Å². The Labute approximate surface area is 240 Å². The number of thioether (sulfide) groups is 1. The number of nitrogens with zero attached hydrogens (tertiary/aromatic N) is 4. The number of nitrogens with one attached hydrogen (secondary N) is 1. The van der Waals surface area contributed by atoms with Crippen molar-refractivity contribution in [1.29, 1.82) is 5.41 Å². The predicted molar refractivity (Wildman–Crippen MR) is 163 cm³/mol. The number of aliphatic imine (C=N–C) groups is 1. The van der Waals surface area contributed by atoms with Gasteiger partial charge in [-0.2, -0.15) is 15.1 Å². The molecule has 3 heterocycles. The van der Waals surface area contributed by atoms with Gasteiger partial charge in [-0.05, 0) is 48.0 Å². The van der Waals surface area contributed by atoms with Gasteiger partial charge in [-0.15, -0.1) is 6.58 Å². The van der Waals surface area contributed by atoms with Crippen LogP contribution in [-0.2, 0) is 17.8 Å². The maximum atomic E-state index is 13.1. The van der Waals surface area contributed by atoms with Crippen LogP contribution in [0.2, 0.25) is 5.02 Å². The lowest BCUT2D eigenvalue weighted by Crippen LogP contribution is -2.35. The molecule has 0 aliphatic carbocycles. The molecule has 0 spiro atoms. The Morgan fingerprint density at radius 1 is 1.05 bits per heavy atom. The number of amidine groups is 2. The average molecular weight is 566 g/mol. The van der Waals surface area contributed by atoms with Gasteiger partial charge in [0.05, 0.1) is 17.1 Å². The predicted octanol–water partition coefficient (Wildman–Crippen LogP) is 6.77. The van der Waals surface area contributed by atoms with Gasteiger partial charge in [-0.3, -0.25) is 10.2 Å². The molecule has 4 aromatic rings. The van der Waals surface area contributed by atoms with E-state index in [1.165, 1.54) is 16.8 Å². The highest BCUT2D eigenvalue weighted by Gasteiger charge is 2.36. The van der Waals surface area contributed by atoms with Gasteiger partial charge in [0.25, 0.3) is 5.91 Å². The van der Waals surface area contributed by atoms with E-state index >= 15 is 0 Å². The maximum Gasteiger partial charge on any atom is 0.283 e. The summed E-state index contributed by atoms with van der Waals surface area (Å²) >= 11 is 7.58. The van der Waals surface area contributed by atoms with Crippen LogP contribution in [0.5, 0.6) is 5.75 Å². The monoisotopic (exact) mass is 565 g/mol. The Balaban J connectivity index is 1.27. The largest absolute Gasteiger partial charge is 0.491 e. The van der Waals surface area contributed by atoms with Crippen molar-refractivity contribution in [2.24, 2.45) is 10.1 Å². The minimum atomic E-state index is -0.474. The fourth-order valence-corrected chi connectivity index (χ4v) is 5.90. The summed E-state index contributed by atoms with van der Waals surface area (Å²) in [6.45, 7) is 4.90. The minimum Gasteiger partial charge on any atom is -0.491 e. The van der Waals surface area contributed by atoms with Crippen LogP contribution < -0.4 is 4.74 Å². The average Bonchev–Trinajstić information content (AvgIpc) is 3.54. The van der Waals surface area contributed by atoms with Gasteiger partial charge in [0, 0.05) is 28.2 Å². The Hall–Kier alpha value is -4.40. The number of hydrogen-bond donors (Lipinski definition) is 1. The van der Waals surface area contributed by atoms with Crippen molar-refractivity contribution in [3.8, 4) is 5.75 Å². The van der Waals surface area contributed by atoms with E-state index in [9.17, 15) is 4.79 Å². The highest BCUT2D eigenvalue weighted by atomic mass is 35.5. The second-order valence-corrected chi connectivity index (χ2v) is 10.5. The van der Waals surface area contributed by atoms with Gasteiger partial charge >= 0.3 is 0 Å². The van der Waals surface area contributed by atoms with Gasteiger partial charge in [0.15, 0.2) is 5.84 Å². The quantitative estimate of drug-likeness (QED) is 0.189. The number of hydrogen-bond acceptors (Lipinski definition) is 5. The van der Waals surface area contributed by atoms with Crippen molar-refractivity contribution < 1.29 is 9.53 Å². The normalized spacial score (nSPS) is 15.8. The number of hydrazone groups is 1. The Bertz CT molecular complexity index is 1770. The van der Waals surface area contributed by atoms with Crippen LogP contribution >= 0.6 is 23.4 Å². The lowest BCUT2D eigenvalue weighted by Gasteiger charge is -2.20. The summed E-state index contributed by atoms with van der Waals surface area (Å²) in [5.74, 6) is 0.346. The summed E-state index contributed by atoms with van der Waals surface area (Å²) in [6, 6.07) is 23.3. The second kappa shape index (κ2) is 11.0. The first-order valence-electron chi connectivity index (χ1n) is 12.7. The molecule has 1 amide bonds. The van der Waals surface area contributed by atoms with E-state index in [1.54, 1.807) is 12.1 Å². The van der Waals surface area contributed by atoms with Gasteiger partial charge in [-0.1, -0.05) is 72.3 Å². The number of allylic oxidation sites excluding steroid dienone is 1. The van der Waals surface area contributed by atoms with Crippen LogP contribution in [0, 0.1) is 5.41 Å². The summed E-state index contributed by atoms with van der Waals surface area (Å²) < 4.78 is 8.22. The van der Waals surface area contributed by atoms with Gasteiger partial charge in [0.1, 0.15) is 17.4 Å². The Morgan fingerprint density at radius 3 is 2.67 bits per heavy atom. The fourth-order valence-electron chi connectivity index (χ4n) is 4.69. The summed E-state index contributed by atoms with van der Waals surface area (Å²) in [4.78, 5) is 17.3. The molecule has 1 aromatic heterocycles. The Kier molecular flexibility index (Phi) is 7.11. The molecule has 0 unspecified atom stereocenters. The molecular formula is C31H24ClN5O2S. The number of benzene rings is 3. The topological polar surface area (TPSA) is 83.0 Å². The first-order valence-corrected chi connectivity index (χ1v) is 13.9. The molecule has 6 rings (SSSR count). The van der Waals surface area contributed by atoms with Gasteiger partial charge in [-0.25, -0.2) is 0 Å². The van der Waals surface area contributed by atoms with Crippen LogP contribution in [0.3, 0.4) is 0 Å². The first kappa shape index (κ1) is 25.9. The van der Waals surface area contributed by atoms with Crippen LogP contribution in [-0.4, -0.2) is 38.1 Å². The maximum absolute atomic E-state index is 13.1. The lowest BCUT2D eigenvalue weighted by molar-refractivity contribution is -0.114. The first-order chi connectivity index (χ1) is 19.5. The van der Waals surface area contributed by atoms with Crippen LogP contribution in [0.1, 0.15) is 16.7 Å². The third-order valence-corrected chi connectivity index (χ3v) is 7.88. The van der Waals surface area contributed by atoms with Crippen molar-refractivity contribution in [3.63, 3.8) is 0 Å². The third-order valence-electron chi connectivity index (χ3n) is 6.60. The van der Waals surface area contributed by atoms with Gasteiger partial charge in [0.2, 0.25) is 5.17 Å². The van der Waals surface area contributed by atoms with Crippen molar-refractivity contribution in [1.82, 2.24) is 9.58 Å². The minimum absolute atomic E-state index is 0.0245. The van der Waals surface area contributed by atoms with E-state index in [0.29, 0.717) is 28.4 Å². The Morgan fingerprint density at radius 2 is 1.82 bits per heavy atom. The third kappa shape index (κ3) is 4.87. The molecule has 7 nitrogen and oxygen atoms in total. The smallest absolute Gasteiger partial charge is 0.283 e. The zero-order chi connectivity index (χ0) is 27.6. The highest BCUT2D eigenvalue weighted by molar-refractivity contribution is 8.27. The van der Waals surface area contributed by atoms with Crippen LogP contribution in [0.25, 0.3) is 17.0 Å². The number of halogens is 1. The van der Waals surface area contributed by atoms with E-state index in [-0.39, 0.29) is 11.4 Å². The molecule has 198 valence electrons. The van der Waals surface area contributed by atoms with Crippen LogP contribution in [0.4, 0.5) is 0 Å². The molecule has 0 saturated carbocycles. The molecule has 2 aliphatic heterocycles. The molecule has 0 fully saturated rings. The molecule has 0 atom stereocenters. The molecule has 40 heavy (non-hydrogen) atoms. The number of carbonyl (C=O) groups is 1. The summed E-state index contributed by atoms with van der Waals surface area (Å²) in [5, 5.41) is 17.2. The van der Waals surface area contributed by atoms with E-state index in [1.807, 2.05) is 79.0 Å². The number of ether oxygens (including phenoxy) is 1. The summed E-state index contributed by atoms with van der Waals surface area (Å²) in [7, 11) is 0. The highest BCUT2D eigenvalue weighted by Crippen LogP contribution is 2.34. The fraction of sp³-hybridized carbons (Fsp3) is 0.0968. The summed E-state index contributed by atoms with van der Waals surface area (Å²) in [5.41, 5.74) is 3.82. The number of para-hydroxylation sites is 2. The SMILES string of the molecule is C=CCc1ccccc1OCCn1cc(/C=C2/C(=N)N3N=C(c4ccccc4Cl)SC3=NC2=O)c2ccccc21. The van der Waals surface area contributed by atoms with Crippen LogP contribution in [0.15, 0.2) is 107 Å². The van der Waals surface area contributed by atoms with Crippen molar-refractivity contribution in [2.45, 2.75) is 13.0 Å². The van der Waals surface area contributed by atoms with E-state index in [2.05, 4.69) is 21.2 Å². The zero-order valence-electron chi connectivity index (χ0n) is 21.4. The molecule has 0 radical (unpaired) electrons. The molecule has 0 saturated heterocycles. The second-order valence-electron chi connectivity index (χ2n) is 9.15. The zero-order valence-corrected chi connectivity index (χ0v) is 23.0. The number of amides is 1. The van der Waals surface area contributed by atoms with E-state index in [4.69, 9.17) is 21.7 Å². The molecule has 9 heteroatoms. The molecule has 3 aromatic carbocycles. The van der Waals surface area contributed by atoms with E-state index < -0.39 is 5.91 Å². The number of aromatic nitrogens is 1.